The summed E-state index contributed by atoms with van der Waals surface area (Å²) in [4.78, 5) is 46.3. The highest BCUT2D eigenvalue weighted by molar-refractivity contribution is 5.99. The van der Waals surface area contributed by atoms with Crippen LogP contribution >= 0.6 is 0 Å². The molecule has 2 fully saturated rings. The van der Waals surface area contributed by atoms with E-state index in [1.807, 2.05) is 18.2 Å². The van der Waals surface area contributed by atoms with Crippen LogP contribution in [-0.2, 0) is 11.3 Å². The fourth-order valence-electron chi connectivity index (χ4n) is 5.11. The van der Waals surface area contributed by atoms with Gasteiger partial charge < -0.3 is 15.1 Å². The first kappa shape index (κ1) is 22.6. The van der Waals surface area contributed by atoms with Crippen molar-refractivity contribution in [3.05, 3.63) is 65.2 Å². The van der Waals surface area contributed by atoms with Crippen molar-refractivity contribution in [3.8, 4) is 5.75 Å². The predicted octanol–water partition coefficient (Wildman–Crippen LogP) is 2.70. The molecule has 1 saturated carbocycles. The van der Waals surface area contributed by atoms with Gasteiger partial charge in [-0.15, -0.1) is 0 Å². The first-order valence-electron chi connectivity index (χ1n) is 12.1. The van der Waals surface area contributed by atoms with E-state index in [1.54, 1.807) is 35.2 Å². The fraction of sp³-hybridized carbons (Fsp3) is 0.423. The van der Waals surface area contributed by atoms with Gasteiger partial charge in [0.1, 0.15) is 11.8 Å². The van der Waals surface area contributed by atoms with E-state index in [0.717, 1.165) is 31.2 Å². The van der Waals surface area contributed by atoms with E-state index in [9.17, 15) is 14.4 Å². The maximum atomic E-state index is 13.3. The van der Waals surface area contributed by atoms with Crippen LogP contribution in [0.1, 0.15) is 58.4 Å². The number of hydrogen-bond acceptors (Lipinski definition) is 6. The normalized spacial score (nSPS) is 21.5. The standard InChI is InChI=1S/C26H30N4O4/c31-24(18-6-2-1-3-7-18)23-16-27-14-15-29(23)26(33)19-10-12-21(13-11-19)34-30-17-20-8-4-5-9-22(20)25(32)28-30/h4-5,8-13,18,23,27H,1-3,6-7,14-17H2,(H,28,32). The summed E-state index contributed by atoms with van der Waals surface area (Å²) in [6.45, 7) is 2.11. The molecule has 2 amide bonds. The van der Waals surface area contributed by atoms with Crippen molar-refractivity contribution in [2.24, 2.45) is 5.92 Å². The Morgan fingerprint density at radius 1 is 0.971 bits per heavy atom. The van der Waals surface area contributed by atoms with Crippen LogP contribution in [0.4, 0.5) is 0 Å². The molecular weight excluding hydrogens is 432 g/mol. The third-order valence-corrected chi connectivity index (χ3v) is 6.96. The van der Waals surface area contributed by atoms with Crippen LogP contribution in [0.15, 0.2) is 48.5 Å². The Morgan fingerprint density at radius 3 is 2.53 bits per heavy atom. The van der Waals surface area contributed by atoms with E-state index in [2.05, 4.69) is 10.7 Å². The molecule has 5 rings (SSSR count). The van der Waals surface area contributed by atoms with Gasteiger partial charge >= 0.3 is 0 Å². The Bertz CT molecular complexity index is 1060. The minimum Gasteiger partial charge on any atom is -0.386 e. The van der Waals surface area contributed by atoms with Crippen LogP contribution in [0, 0.1) is 5.92 Å². The molecule has 3 aliphatic rings. The van der Waals surface area contributed by atoms with Gasteiger partial charge in [0.2, 0.25) is 0 Å². The van der Waals surface area contributed by atoms with Gasteiger partial charge in [-0.2, -0.15) is 0 Å². The molecule has 8 heteroatoms. The second-order valence-corrected chi connectivity index (χ2v) is 9.21. The lowest BCUT2D eigenvalue weighted by atomic mass is 9.83. The molecule has 1 unspecified atom stereocenters. The van der Waals surface area contributed by atoms with Gasteiger partial charge in [0, 0.05) is 36.7 Å². The zero-order valence-electron chi connectivity index (χ0n) is 19.2. The number of hydrazine groups is 1. The summed E-state index contributed by atoms with van der Waals surface area (Å²) in [5.74, 6) is 0.408. The Labute approximate surface area is 199 Å². The summed E-state index contributed by atoms with van der Waals surface area (Å²) >= 11 is 0. The van der Waals surface area contributed by atoms with Gasteiger partial charge in [0.15, 0.2) is 5.78 Å². The Hall–Kier alpha value is -3.23. The van der Waals surface area contributed by atoms with Gasteiger partial charge in [-0.05, 0) is 53.9 Å². The van der Waals surface area contributed by atoms with E-state index < -0.39 is 6.04 Å². The number of hydrogen-bond donors (Lipinski definition) is 2. The number of nitrogens with one attached hydrogen (secondary N) is 2. The average Bonchev–Trinajstić information content (AvgIpc) is 2.89. The van der Waals surface area contributed by atoms with Crippen LogP contribution in [0.5, 0.6) is 5.75 Å². The van der Waals surface area contributed by atoms with E-state index in [-0.39, 0.29) is 23.5 Å². The van der Waals surface area contributed by atoms with Crippen molar-refractivity contribution in [1.29, 1.82) is 0 Å². The maximum absolute atomic E-state index is 13.3. The lowest BCUT2D eigenvalue weighted by Gasteiger charge is -2.37. The highest BCUT2D eigenvalue weighted by Gasteiger charge is 2.36. The number of benzene rings is 2. The number of fused-ring (bicyclic) bond motifs is 1. The third kappa shape index (κ3) is 4.69. The fourth-order valence-corrected chi connectivity index (χ4v) is 5.11. The summed E-state index contributed by atoms with van der Waals surface area (Å²) in [5.41, 5.74) is 4.75. The largest absolute Gasteiger partial charge is 0.386 e. The molecule has 2 aromatic carbocycles. The zero-order chi connectivity index (χ0) is 23.5. The lowest BCUT2D eigenvalue weighted by Crippen LogP contribution is -2.58. The smallest absolute Gasteiger partial charge is 0.268 e. The van der Waals surface area contributed by atoms with Gasteiger partial charge in [-0.1, -0.05) is 37.5 Å². The molecule has 2 aliphatic heterocycles. The van der Waals surface area contributed by atoms with Gasteiger partial charge in [-0.3, -0.25) is 19.8 Å². The first-order valence-corrected chi connectivity index (χ1v) is 12.1. The molecule has 1 atom stereocenters. The van der Waals surface area contributed by atoms with E-state index >= 15 is 0 Å². The van der Waals surface area contributed by atoms with Gasteiger partial charge in [0.25, 0.3) is 11.8 Å². The average molecular weight is 463 g/mol. The van der Waals surface area contributed by atoms with Gasteiger partial charge in [0.05, 0.1) is 6.54 Å². The van der Waals surface area contributed by atoms with Crippen molar-refractivity contribution in [2.45, 2.75) is 44.7 Å². The Morgan fingerprint density at radius 2 is 1.74 bits per heavy atom. The van der Waals surface area contributed by atoms with Crippen LogP contribution in [-0.4, -0.2) is 53.3 Å². The second-order valence-electron chi connectivity index (χ2n) is 9.21. The molecule has 0 aromatic heterocycles. The third-order valence-electron chi connectivity index (χ3n) is 6.96. The number of amides is 2. The lowest BCUT2D eigenvalue weighted by molar-refractivity contribution is -0.128. The monoisotopic (exact) mass is 462 g/mol. The highest BCUT2D eigenvalue weighted by atomic mass is 16.7. The van der Waals surface area contributed by atoms with Crippen molar-refractivity contribution < 1.29 is 19.2 Å². The topological polar surface area (TPSA) is 91.0 Å². The number of rotatable bonds is 5. The number of carbonyl (C=O) groups is 3. The van der Waals surface area contributed by atoms with Crippen LogP contribution in [0.3, 0.4) is 0 Å². The number of carbonyl (C=O) groups excluding carboxylic acids is 3. The van der Waals surface area contributed by atoms with Crippen molar-refractivity contribution in [2.75, 3.05) is 19.6 Å². The van der Waals surface area contributed by atoms with Crippen molar-refractivity contribution in [3.63, 3.8) is 0 Å². The number of Topliss-reactive ketones (excluding diaryl/α,β-unsaturated/α-hetero) is 1. The second kappa shape index (κ2) is 9.95. The maximum Gasteiger partial charge on any atom is 0.268 e. The molecule has 0 bridgehead atoms. The van der Waals surface area contributed by atoms with Crippen LogP contribution in [0.2, 0.25) is 0 Å². The Balaban J connectivity index is 1.25. The molecule has 2 aromatic rings. The Kier molecular flexibility index (Phi) is 6.60. The summed E-state index contributed by atoms with van der Waals surface area (Å²) in [5, 5.41) is 4.67. The van der Waals surface area contributed by atoms with Crippen LogP contribution < -0.4 is 15.6 Å². The molecule has 178 valence electrons. The summed E-state index contributed by atoms with van der Waals surface area (Å²) in [7, 11) is 0. The van der Waals surface area contributed by atoms with Crippen molar-refractivity contribution in [1.82, 2.24) is 20.8 Å². The SMILES string of the molecule is O=C1NN(Oc2ccc(C(=O)N3CCNCC3C(=O)C3CCCCC3)cc2)Cc2ccccc21. The highest BCUT2D eigenvalue weighted by Crippen LogP contribution is 2.27. The molecule has 1 saturated heterocycles. The molecule has 34 heavy (non-hydrogen) atoms. The number of ketones is 1. The summed E-state index contributed by atoms with van der Waals surface area (Å²) < 4.78 is 0. The van der Waals surface area contributed by atoms with Crippen molar-refractivity contribution >= 4 is 17.6 Å². The molecule has 2 heterocycles. The van der Waals surface area contributed by atoms with Crippen LogP contribution in [0.25, 0.3) is 0 Å². The summed E-state index contributed by atoms with van der Waals surface area (Å²) in [6.07, 6.45) is 5.24. The minimum absolute atomic E-state index is 0.0645. The molecule has 0 spiro atoms. The predicted molar refractivity (Wildman–Crippen MR) is 126 cm³/mol. The van der Waals surface area contributed by atoms with E-state index in [4.69, 9.17) is 4.84 Å². The molecule has 8 nitrogen and oxygen atoms in total. The molecular formula is C26H30N4O4. The quantitative estimate of drug-likeness (QED) is 0.710. The summed E-state index contributed by atoms with van der Waals surface area (Å²) in [6, 6.07) is 13.8. The molecule has 2 N–H and O–H groups in total. The number of nitrogens with zero attached hydrogens (tertiary/aromatic N) is 2. The number of hydroxylamine groups is 1. The number of piperazine rings is 1. The van der Waals surface area contributed by atoms with E-state index in [1.165, 1.54) is 11.6 Å². The zero-order valence-corrected chi connectivity index (χ0v) is 19.2. The van der Waals surface area contributed by atoms with Gasteiger partial charge in [-0.25, -0.2) is 0 Å². The minimum atomic E-state index is -0.413. The van der Waals surface area contributed by atoms with E-state index in [0.29, 0.717) is 43.1 Å². The first-order chi connectivity index (χ1) is 16.6. The molecule has 0 radical (unpaired) electrons. The molecule has 1 aliphatic carbocycles.